The highest BCUT2D eigenvalue weighted by Gasteiger charge is 2.34. The normalized spacial score (nSPS) is 28.3. The molecule has 0 bridgehead atoms. The number of hydrogen-bond donors (Lipinski definition) is 1. The van der Waals surface area contributed by atoms with E-state index in [4.69, 9.17) is 5.73 Å². The van der Waals surface area contributed by atoms with Crippen LogP contribution in [0.2, 0.25) is 0 Å². The van der Waals surface area contributed by atoms with E-state index in [0.717, 1.165) is 12.5 Å². The molecule has 0 aromatic rings. The number of piperidine rings is 1. The molecule has 0 spiro atoms. The first kappa shape index (κ1) is 12.0. The lowest BCUT2D eigenvalue weighted by atomic mass is 9.82. The summed E-state index contributed by atoms with van der Waals surface area (Å²) in [5.74, 6) is 0.829. The van der Waals surface area contributed by atoms with Gasteiger partial charge in [0.2, 0.25) is 0 Å². The minimum Gasteiger partial charge on any atom is -0.330 e. The molecule has 0 amide bonds. The standard InChI is InChI=1S/C12H26N2/c1-10(2)14-9-11(6-8-13)5-7-12(14,3)4/h10-11H,5-9,13H2,1-4H3. The Morgan fingerprint density at radius 3 is 2.57 bits per heavy atom. The van der Waals surface area contributed by atoms with Gasteiger partial charge in [0.1, 0.15) is 0 Å². The Morgan fingerprint density at radius 2 is 2.07 bits per heavy atom. The molecule has 1 aliphatic heterocycles. The number of rotatable bonds is 3. The van der Waals surface area contributed by atoms with E-state index >= 15 is 0 Å². The first-order valence-electron chi connectivity index (χ1n) is 5.94. The molecule has 1 unspecified atom stereocenters. The number of nitrogens with zero attached hydrogens (tertiary/aromatic N) is 1. The van der Waals surface area contributed by atoms with Crippen LogP contribution in [-0.2, 0) is 0 Å². The van der Waals surface area contributed by atoms with Crippen LogP contribution in [0.3, 0.4) is 0 Å². The molecule has 1 fully saturated rings. The van der Waals surface area contributed by atoms with E-state index in [1.165, 1.54) is 25.8 Å². The largest absolute Gasteiger partial charge is 0.330 e. The van der Waals surface area contributed by atoms with Gasteiger partial charge in [-0.3, -0.25) is 4.90 Å². The highest BCUT2D eigenvalue weighted by molar-refractivity contribution is 4.90. The van der Waals surface area contributed by atoms with Crippen LogP contribution in [0.1, 0.15) is 47.0 Å². The van der Waals surface area contributed by atoms with Crippen molar-refractivity contribution in [3.8, 4) is 0 Å². The van der Waals surface area contributed by atoms with Gasteiger partial charge in [-0.1, -0.05) is 0 Å². The van der Waals surface area contributed by atoms with Crippen LogP contribution in [0.5, 0.6) is 0 Å². The fourth-order valence-corrected chi connectivity index (χ4v) is 2.70. The van der Waals surface area contributed by atoms with E-state index in [2.05, 4.69) is 32.6 Å². The molecule has 1 aliphatic rings. The van der Waals surface area contributed by atoms with E-state index in [0.29, 0.717) is 11.6 Å². The van der Waals surface area contributed by atoms with E-state index in [-0.39, 0.29) is 0 Å². The van der Waals surface area contributed by atoms with Gasteiger partial charge in [-0.25, -0.2) is 0 Å². The van der Waals surface area contributed by atoms with Crippen molar-refractivity contribution < 1.29 is 0 Å². The molecule has 1 atom stereocenters. The third kappa shape index (κ3) is 2.71. The lowest BCUT2D eigenvalue weighted by Gasteiger charge is -2.48. The van der Waals surface area contributed by atoms with Gasteiger partial charge < -0.3 is 5.73 Å². The summed E-state index contributed by atoms with van der Waals surface area (Å²) < 4.78 is 0. The molecule has 0 saturated carbocycles. The first-order valence-corrected chi connectivity index (χ1v) is 5.94. The zero-order chi connectivity index (χ0) is 10.8. The second-order valence-corrected chi connectivity index (χ2v) is 5.54. The maximum absolute atomic E-state index is 5.63. The van der Waals surface area contributed by atoms with Crippen molar-refractivity contribution in [3.05, 3.63) is 0 Å². The van der Waals surface area contributed by atoms with Crippen LogP contribution >= 0.6 is 0 Å². The molecule has 1 saturated heterocycles. The molecule has 2 N–H and O–H groups in total. The van der Waals surface area contributed by atoms with E-state index in [1.54, 1.807) is 0 Å². The van der Waals surface area contributed by atoms with Crippen LogP contribution in [0.25, 0.3) is 0 Å². The molecular weight excluding hydrogens is 172 g/mol. The van der Waals surface area contributed by atoms with Crippen molar-refractivity contribution in [2.45, 2.75) is 58.5 Å². The Kier molecular flexibility index (Phi) is 3.96. The number of hydrogen-bond acceptors (Lipinski definition) is 2. The molecule has 0 aromatic heterocycles. The topological polar surface area (TPSA) is 29.3 Å². The quantitative estimate of drug-likeness (QED) is 0.753. The predicted molar refractivity (Wildman–Crippen MR) is 62.3 cm³/mol. The van der Waals surface area contributed by atoms with Crippen molar-refractivity contribution in [1.29, 1.82) is 0 Å². The highest BCUT2D eigenvalue weighted by atomic mass is 15.2. The third-order valence-electron chi connectivity index (χ3n) is 3.60. The summed E-state index contributed by atoms with van der Waals surface area (Å²) in [5.41, 5.74) is 6.02. The van der Waals surface area contributed by atoms with Crippen LogP contribution in [0.15, 0.2) is 0 Å². The monoisotopic (exact) mass is 198 g/mol. The number of likely N-dealkylation sites (tertiary alicyclic amines) is 1. The fourth-order valence-electron chi connectivity index (χ4n) is 2.70. The Balaban J connectivity index is 2.58. The predicted octanol–water partition coefficient (Wildman–Crippen LogP) is 2.23. The van der Waals surface area contributed by atoms with Crippen LogP contribution in [0.4, 0.5) is 0 Å². The average Bonchev–Trinajstić information content (AvgIpc) is 2.08. The third-order valence-corrected chi connectivity index (χ3v) is 3.60. The lowest BCUT2D eigenvalue weighted by Crippen LogP contribution is -2.53. The molecule has 1 heterocycles. The van der Waals surface area contributed by atoms with Gasteiger partial charge in [0.25, 0.3) is 0 Å². The minimum absolute atomic E-state index is 0.388. The van der Waals surface area contributed by atoms with E-state index in [1.807, 2.05) is 0 Å². The van der Waals surface area contributed by atoms with Crippen molar-refractivity contribution in [2.75, 3.05) is 13.1 Å². The van der Waals surface area contributed by atoms with Gasteiger partial charge in [0, 0.05) is 18.1 Å². The second-order valence-electron chi connectivity index (χ2n) is 5.54. The Labute approximate surface area is 88.8 Å². The molecule has 0 aliphatic carbocycles. The van der Waals surface area contributed by atoms with Crippen molar-refractivity contribution >= 4 is 0 Å². The smallest absolute Gasteiger partial charge is 0.0156 e. The van der Waals surface area contributed by atoms with Gasteiger partial charge in [-0.15, -0.1) is 0 Å². The lowest BCUT2D eigenvalue weighted by molar-refractivity contribution is 0.0172. The first-order chi connectivity index (χ1) is 6.47. The van der Waals surface area contributed by atoms with Gasteiger partial charge in [-0.05, 0) is 59.4 Å². The summed E-state index contributed by atoms with van der Waals surface area (Å²) in [6.07, 6.45) is 3.86. The second kappa shape index (κ2) is 4.63. The maximum Gasteiger partial charge on any atom is 0.0156 e. The summed E-state index contributed by atoms with van der Waals surface area (Å²) in [6.45, 7) is 11.4. The fraction of sp³-hybridized carbons (Fsp3) is 1.00. The van der Waals surface area contributed by atoms with Gasteiger partial charge in [-0.2, -0.15) is 0 Å². The van der Waals surface area contributed by atoms with Crippen LogP contribution < -0.4 is 5.73 Å². The summed E-state index contributed by atoms with van der Waals surface area (Å²) in [4.78, 5) is 2.64. The molecule has 1 rings (SSSR count). The van der Waals surface area contributed by atoms with Crippen molar-refractivity contribution in [1.82, 2.24) is 4.90 Å². The molecule has 84 valence electrons. The maximum atomic E-state index is 5.63. The minimum atomic E-state index is 0.388. The molecule has 14 heavy (non-hydrogen) atoms. The zero-order valence-corrected chi connectivity index (χ0v) is 10.2. The average molecular weight is 198 g/mol. The molecule has 0 radical (unpaired) electrons. The van der Waals surface area contributed by atoms with Crippen LogP contribution in [0, 0.1) is 5.92 Å². The van der Waals surface area contributed by atoms with Crippen molar-refractivity contribution in [3.63, 3.8) is 0 Å². The molecule has 2 heteroatoms. The number of nitrogens with two attached hydrogens (primary N) is 1. The van der Waals surface area contributed by atoms with Crippen LogP contribution in [-0.4, -0.2) is 29.6 Å². The SMILES string of the molecule is CC(C)N1CC(CCN)CCC1(C)C. The summed E-state index contributed by atoms with van der Waals surface area (Å²) in [5, 5.41) is 0. The van der Waals surface area contributed by atoms with E-state index < -0.39 is 0 Å². The van der Waals surface area contributed by atoms with Gasteiger partial charge in [0.05, 0.1) is 0 Å². The molecule has 2 nitrogen and oxygen atoms in total. The van der Waals surface area contributed by atoms with Gasteiger partial charge in [0.15, 0.2) is 0 Å². The summed E-state index contributed by atoms with van der Waals surface area (Å²) in [6, 6.07) is 0.658. The summed E-state index contributed by atoms with van der Waals surface area (Å²) in [7, 11) is 0. The van der Waals surface area contributed by atoms with Gasteiger partial charge >= 0.3 is 0 Å². The molecule has 0 aromatic carbocycles. The Hall–Kier alpha value is -0.0800. The summed E-state index contributed by atoms with van der Waals surface area (Å²) >= 11 is 0. The Bertz CT molecular complexity index is 175. The van der Waals surface area contributed by atoms with E-state index in [9.17, 15) is 0 Å². The Morgan fingerprint density at radius 1 is 1.43 bits per heavy atom. The highest BCUT2D eigenvalue weighted by Crippen LogP contribution is 2.33. The zero-order valence-electron chi connectivity index (χ0n) is 10.2. The molecular formula is C12H26N2. The van der Waals surface area contributed by atoms with Crippen molar-refractivity contribution in [2.24, 2.45) is 11.7 Å².